The van der Waals surface area contributed by atoms with E-state index in [1.165, 1.54) is 32.9 Å². The Morgan fingerprint density at radius 1 is 0.857 bits per heavy atom. The molecule has 0 aromatic heterocycles. The summed E-state index contributed by atoms with van der Waals surface area (Å²) < 4.78 is 10.4. The van der Waals surface area contributed by atoms with Crippen LogP contribution in [0.2, 0.25) is 0 Å². The minimum Gasteiger partial charge on any atom is -0.497 e. The molecule has 0 saturated heterocycles. The zero-order chi connectivity index (χ0) is 31.2. The fourth-order valence-corrected chi connectivity index (χ4v) is 4.06. The lowest BCUT2D eigenvalue weighted by Gasteiger charge is -2.31. The molecule has 4 atom stereocenters. The summed E-state index contributed by atoms with van der Waals surface area (Å²) in [7, 11) is 2.93. The van der Waals surface area contributed by atoms with E-state index < -0.39 is 54.0 Å². The molecular formula is C30H40N4O8. The van der Waals surface area contributed by atoms with Gasteiger partial charge in [-0.05, 0) is 43.5 Å². The maximum atomic E-state index is 13.4. The van der Waals surface area contributed by atoms with Gasteiger partial charge in [-0.2, -0.15) is 0 Å². The number of aliphatic carboxylic acids is 1. The predicted molar refractivity (Wildman–Crippen MR) is 155 cm³/mol. The second kappa shape index (κ2) is 16.6. The minimum atomic E-state index is -1.22. The van der Waals surface area contributed by atoms with E-state index in [2.05, 4.69) is 16.0 Å². The molecule has 4 amide bonds. The fraction of sp³-hybridized carbons (Fsp3) is 0.433. The Kier molecular flexibility index (Phi) is 13.3. The third kappa shape index (κ3) is 10.4. The van der Waals surface area contributed by atoms with Crippen molar-refractivity contribution < 1.29 is 38.6 Å². The van der Waals surface area contributed by atoms with Gasteiger partial charge in [0, 0.05) is 13.5 Å². The number of methoxy groups -OCH3 is 1. The smallest absolute Gasteiger partial charge is 0.408 e. The number of carbonyl (C=O) groups excluding carboxylic acids is 4. The van der Waals surface area contributed by atoms with Crippen molar-refractivity contribution >= 4 is 29.8 Å². The average Bonchev–Trinajstić information content (AvgIpc) is 2.98. The molecule has 2 rings (SSSR count). The maximum Gasteiger partial charge on any atom is 0.408 e. The van der Waals surface area contributed by atoms with Crippen molar-refractivity contribution in [1.82, 2.24) is 20.9 Å². The van der Waals surface area contributed by atoms with Crippen LogP contribution in [-0.4, -0.2) is 78.1 Å². The molecule has 12 nitrogen and oxygen atoms in total. The number of hydrogen-bond donors (Lipinski definition) is 4. The lowest BCUT2D eigenvalue weighted by Crippen LogP contribution is -2.57. The summed E-state index contributed by atoms with van der Waals surface area (Å²) in [6, 6.07) is 11.7. The SMILES string of the molecule is CCC[C@@H](NC(=O)OCc1ccccc1)C(=O)N[C@@H](C)C(=O)N(C)[C@@H](Cc1ccc(OC)cc1)C(=O)N[C@@H](C)C(=O)O. The van der Waals surface area contributed by atoms with Gasteiger partial charge in [0.1, 0.15) is 36.5 Å². The number of rotatable bonds is 15. The molecule has 0 saturated carbocycles. The van der Waals surface area contributed by atoms with E-state index in [4.69, 9.17) is 9.47 Å². The number of amides is 4. The molecule has 0 aliphatic rings. The van der Waals surface area contributed by atoms with Crippen molar-refractivity contribution in [2.75, 3.05) is 14.2 Å². The van der Waals surface area contributed by atoms with Gasteiger partial charge in [0.15, 0.2) is 0 Å². The molecule has 4 N–H and O–H groups in total. The Morgan fingerprint density at radius 2 is 1.48 bits per heavy atom. The fourth-order valence-electron chi connectivity index (χ4n) is 4.06. The van der Waals surface area contributed by atoms with Crippen LogP contribution in [0, 0.1) is 0 Å². The zero-order valence-electron chi connectivity index (χ0n) is 24.6. The van der Waals surface area contributed by atoms with E-state index in [0.29, 0.717) is 24.2 Å². The number of ether oxygens (including phenoxy) is 2. The molecule has 0 fully saturated rings. The van der Waals surface area contributed by atoms with Crippen LogP contribution in [0.25, 0.3) is 0 Å². The standard InChI is InChI=1S/C30H40N4O8/c1-6-10-24(33-30(40)42-18-22-11-8-7-9-12-22)26(35)31-19(2)28(37)34(4)25(27(36)32-20(3)29(38)39)17-21-13-15-23(41-5)16-14-21/h7-9,11-16,19-20,24-25H,6,10,17-18H2,1-5H3,(H,31,35)(H,32,36)(H,33,40)(H,38,39)/t19-,20-,24+,25-/m0/s1. The summed E-state index contributed by atoms with van der Waals surface area (Å²) >= 11 is 0. The van der Waals surface area contributed by atoms with Gasteiger partial charge in [0.25, 0.3) is 0 Å². The summed E-state index contributed by atoms with van der Waals surface area (Å²) in [4.78, 5) is 64.4. The number of hydrogen-bond acceptors (Lipinski definition) is 7. The van der Waals surface area contributed by atoms with Crippen molar-refractivity contribution in [1.29, 1.82) is 0 Å². The van der Waals surface area contributed by atoms with Crippen LogP contribution in [0.15, 0.2) is 54.6 Å². The van der Waals surface area contributed by atoms with E-state index in [9.17, 15) is 29.1 Å². The Morgan fingerprint density at radius 3 is 2.05 bits per heavy atom. The van der Waals surface area contributed by atoms with Gasteiger partial charge in [-0.1, -0.05) is 55.8 Å². The van der Waals surface area contributed by atoms with Gasteiger partial charge in [0.05, 0.1) is 7.11 Å². The van der Waals surface area contributed by atoms with Crippen LogP contribution < -0.4 is 20.7 Å². The Bertz CT molecular complexity index is 1210. The van der Waals surface area contributed by atoms with Gasteiger partial charge in [-0.3, -0.25) is 19.2 Å². The molecule has 0 heterocycles. The highest BCUT2D eigenvalue weighted by atomic mass is 16.5. The third-order valence-electron chi connectivity index (χ3n) is 6.56. The highest BCUT2D eigenvalue weighted by Gasteiger charge is 2.33. The number of alkyl carbamates (subject to hydrolysis) is 1. The van der Waals surface area contributed by atoms with E-state index in [1.54, 1.807) is 36.4 Å². The normalized spacial score (nSPS) is 13.5. The van der Waals surface area contributed by atoms with Gasteiger partial charge < -0.3 is 35.4 Å². The molecule has 2 aromatic carbocycles. The third-order valence-corrected chi connectivity index (χ3v) is 6.56. The molecular weight excluding hydrogens is 544 g/mol. The van der Waals surface area contributed by atoms with Crippen LogP contribution in [0.3, 0.4) is 0 Å². The highest BCUT2D eigenvalue weighted by Crippen LogP contribution is 2.15. The maximum absolute atomic E-state index is 13.4. The second-order valence-electron chi connectivity index (χ2n) is 9.86. The first-order valence-corrected chi connectivity index (χ1v) is 13.7. The molecule has 0 radical (unpaired) electrons. The molecule has 0 unspecified atom stereocenters. The number of carboxylic acid groups (broad SMARTS) is 1. The molecule has 12 heteroatoms. The first-order chi connectivity index (χ1) is 20.0. The molecule has 0 bridgehead atoms. The average molecular weight is 585 g/mol. The van der Waals surface area contributed by atoms with Gasteiger partial charge >= 0.3 is 12.1 Å². The van der Waals surface area contributed by atoms with Crippen molar-refractivity contribution in [2.45, 2.75) is 70.8 Å². The number of carboxylic acids is 1. The molecule has 0 aliphatic heterocycles. The van der Waals surface area contributed by atoms with Crippen LogP contribution >= 0.6 is 0 Å². The molecule has 0 spiro atoms. The minimum absolute atomic E-state index is 0.0327. The lowest BCUT2D eigenvalue weighted by molar-refractivity contribution is -0.144. The van der Waals surface area contributed by atoms with Crippen molar-refractivity contribution in [2.24, 2.45) is 0 Å². The molecule has 42 heavy (non-hydrogen) atoms. The Hall–Kier alpha value is -4.61. The van der Waals surface area contributed by atoms with Crippen LogP contribution in [0.4, 0.5) is 4.79 Å². The van der Waals surface area contributed by atoms with Crippen molar-refractivity contribution in [3.8, 4) is 5.75 Å². The second-order valence-corrected chi connectivity index (χ2v) is 9.86. The number of likely N-dealkylation sites (N-methyl/N-ethyl adjacent to an activating group) is 1. The van der Waals surface area contributed by atoms with E-state index in [1.807, 2.05) is 25.1 Å². The lowest BCUT2D eigenvalue weighted by atomic mass is 10.0. The monoisotopic (exact) mass is 584 g/mol. The number of nitrogens with one attached hydrogen (secondary N) is 3. The molecule has 0 aliphatic carbocycles. The first-order valence-electron chi connectivity index (χ1n) is 13.7. The van der Waals surface area contributed by atoms with Gasteiger partial charge in [-0.25, -0.2) is 4.79 Å². The van der Waals surface area contributed by atoms with Crippen molar-refractivity contribution in [3.63, 3.8) is 0 Å². The summed E-state index contributed by atoms with van der Waals surface area (Å²) in [5.41, 5.74) is 1.49. The quantitative estimate of drug-likeness (QED) is 0.248. The Labute approximate surface area is 245 Å². The first kappa shape index (κ1) is 33.6. The molecule has 2 aromatic rings. The summed E-state index contributed by atoms with van der Waals surface area (Å²) in [6.07, 6.45) is 0.189. The summed E-state index contributed by atoms with van der Waals surface area (Å²) in [5, 5.41) is 16.8. The van der Waals surface area contributed by atoms with Gasteiger partial charge in [-0.15, -0.1) is 0 Å². The summed E-state index contributed by atoms with van der Waals surface area (Å²) in [5.74, 6) is -2.45. The highest BCUT2D eigenvalue weighted by molar-refractivity contribution is 5.94. The summed E-state index contributed by atoms with van der Waals surface area (Å²) in [6.45, 7) is 4.67. The van der Waals surface area contributed by atoms with E-state index in [-0.39, 0.29) is 13.0 Å². The molecule has 228 valence electrons. The number of benzene rings is 2. The van der Waals surface area contributed by atoms with Crippen LogP contribution in [0.5, 0.6) is 5.75 Å². The predicted octanol–water partition coefficient (Wildman–Crippen LogP) is 2.25. The van der Waals surface area contributed by atoms with Crippen LogP contribution in [0.1, 0.15) is 44.7 Å². The van der Waals surface area contributed by atoms with Gasteiger partial charge in [0.2, 0.25) is 17.7 Å². The van der Waals surface area contributed by atoms with Crippen LogP contribution in [-0.2, 0) is 36.9 Å². The van der Waals surface area contributed by atoms with Crippen molar-refractivity contribution in [3.05, 3.63) is 65.7 Å². The number of nitrogens with zero attached hydrogens (tertiary/aromatic N) is 1. The number of carbonyl (C=O) groups is 5. The zero-order valence-corrected chi connectivity index (χ0v) is 24.6. The largest absolute Gasteiger partial charge is 0.497 e. The van der Waals surface area contributed by atoms with E-state index >= 15 is 0 Å². The Balaban J connectivity index is 2.10. The topological polar surface area (TPSA) is 163 Å². The van der Waals surface area contributed by atoms with E-state index in [0.717, 1.165) is 5.56 Å².